The van der Waals surface area contributed by atoms with E-state index in [1.165, 1.54) is 0 Å². The molecule has 16 heavy (non-hydrogen) atoms. The monoisotopic (exact) mass is 285 g/mol. The molecule has 1 aromatic carbocycles. The fourth-order valence-corrected chi connectivity index (χ4v) is 1.56. The van der Waals surface area contributed by atoms with Crippen LogP contribution in [-0.4, -0.2) is 44.5 Å². The molecule has 0 aliphatic carbocycles. The minimum Gasteiger partial charge on any atom is -0.383 e. The van der Waals surface area contributed by atoms with E-state index in [9.17, 15) is 4.79 Å². The highest BCUT2D eigenvalue weighted by Crippen LogP contribution is 2.11. The number of hydrogen-bond donors (Lipinski definition) is 0. The predicted octanol–water partition coefficient (Wildman–Crippen LogP) is 2.21. The highest BCUT2D eigenvalue weighted by molar-refractivity contribution is 9.10. The Morgan fingerprint density at radius 3 is 2.56 bits per heavy atom. The molecule has 0 radical (unpaired) electrons. The second kappa shape index (κ2) is 6.78. The topological polar surface area (TPSA) is 29.5 Å². The zero-order chi connectivity index (χ0) is 12.0. The molecule has 0 unspecified atom stereocenters. The molecular weight excluding hydrogens is 270 g/mol. The fraction of sp³-hybridized carbons (Fsp3) is 0.417. The molecule has 3 nitrogen and oxygen atoms in total. The maximum Gasteiger partial charge on any atom is 0.176 e. The third kappa shape index (κ3) is 4.43. The lowest BCUT2D eigenvalue weighted by Crippen LogP contribution is -2.29. The van der Waals surface area contributed by atoms with E-state index in [2.05, 4.69) is 15.9 Å². The van der Waals surface area contributed by atoms with Crippen molar-refractivity contribution < 1.29 is 9.53 Å². The van der Waals surface area contributed by atoms with Gasteiger partial charge in [0.25, 0.3) is 0 Å². The lowest BCUT2D eigenvalue weighted by molar-refractivity contribution is 0.0922. The summed E-state index contributed by atoms with van der Waals surface area (Å²) in [5.74, 6) is 0.131. The van der Waals surface area contributed by atoms with Crippen LogP contribution < -0.4 is 0 Å². The van der Waals surface area contributed by atoms with E-state index in [1.807, 2.05) is 36.2 Å². The summed E-state index contributed by atoms with van der Waals surface area (Å²) in [6.07, 6.45) is 0. The summed E-state index contributed by atoms with van der Waals surface area (Å²) in [7, 11) is 3.57. The van der Waals surface area contributed by atoms with E-state index >= 15 is 0 Å². The van der Waals surface area contributed by atoms with E-state index in [1.54, 1.807) is 7.11 Å². The van der Waals surface area contributed by atoms with Crippen LogP contribution in [0.4, 0.5) is 0 Å². The molecule has 4 heteroatoms. The van der Waals surface area contributed by atoms with Gasteiger partial charge in [0.05, 0.1) is 13.2 Å². The van der Waals surface area contributed by atoms with Gasteiger partial charge < -0.3 is 4.74 Å². The molecule has 1 rings (SSSR count). The van der Waals surface area contributed by atoms with Gasteiger partial charge in [-0.25, -0.2) is 0 Å². The Balaban J connectivity index is 2.48. The molecule has 0 spiro atoms. The Bertz CT molecular complexity index is 337. The van der Waals surface area contributed by atoms with Crippen molar-refractivity contribution >= 4 is 21.7 Å². The molecule has 0 amide bonds. The first-order chi connectivity index (χ1) is 7.63. The van der Waals surface area contributed by atoms with Gasteiger partial charge in [0, 0.05) is 23.7 Å². The van der Waals surface area contributed by atoms with Gasteiger partial charge in [0.15, 0.2) is 5.78 Å². The molecule has 0 aliphatic rings. The van der Waals surface area contributed by atoms with Crippen LogP contribution in [-0.2, 0) is 4.74 Å². The lowest BCUT2D eigenvalue weighted by atomic mass is 10.1. The smallest absolute Gasteiger partial charge is 0.176 e. The average molecular weight is 286 g/mol. The van der Waals surface area contributed by atoms with Gasteiger partial charge in [-0.05, 0) is 19.2 Å². The van der Waals surface area contributed by atoms with Crippen molar-refractivity contribution in [1.29, 1.82) is 0 Å². The summed E-state index contributed by atoms with van der Waals surface area (Å²) < 4.78 is 5.94. The minimum absolute atomic E-state index is 0.131. The second-order valence-electron chi connectivity index (χ2n) is 3.66. The van der Waals surface area contributed by atoms with Crippen molar-refractivity contribution in [3.05, 3.63) is 34.3 Å². The number of carbonyl (C=O) groups is 1. The van der Waals surface area contributed by atoms with Crippen LogP contribution >= 0.6 is 15.9 Å². The van der Waals surface area contributed by atoms with Crippen molar-refractivity contribution in [3.63, 3.8) is 0 Å². The lowest BCUT2D eigenvalue weighted by Gasteiger charge is -2.14. The normalized spacial score (nSPS) is 10.8. The number of Topliss-reactive ketones (excluding diaryl/α,β-unsaturated/α-hetero) is 1. The van der Waals surface area contributed by atoms with Crippen molar-refractivity contribution in [2.24, 2.45) is 0 Å². The zero-order valence-corrected chi connectivity index (χ0v) is 11.2. The molecule has 0 saturated carbocycles. The summed E-state index contributed by atoms with van der Waals surface area (Å²) in [6, 6.07) is 7.41. The fourth-order valence-electron chi connectivity index (χ4n) is 1.30. The number of hydrogen-bond acceptors (Lipinski definition) is 3. The van der Waals surface area contributed by atoms with Crippen LogP contribution in [0.2, 0.25) is 0 Å². The first kappa shape index (κ1) is 13.4. The summed E-state index contributed by atoms with van der Waals surface area (Å²) in [4.78, 5) is 13.8. The quantitative estimate of drug-likeness (QED) is 0.751. The number of halogens is 1. The Labute approximate surface area is 105 Å². The van der Waals surface area contributed by atoms with Crippen LogP contribution in [0.3, 0.4) is 0 Å². The van der Waals surface area contributed by atoms with Crippen LogP contribution in [0.5, 0.6) is 0 Å². The Hall–Kier alpha value is -0.710. The van der Waals surface area contributed by atoms with Crippen LogP contribution in [0.1, 0.15) is 10.4 Å². The highest BCUT2D eigenvalue weighted by atomic mass is 79.9. The van der Waals surface area contributed by atoms with Crippen molar-refractivity contribution in [1.82, 2.24) is 4.90 Å². The Morgan fingerprint density at radius 2 is 2.00 bits per heavy atom. The summed E-state index contributed by atoms with van der Waals surface area (Å²) >= 11 is 3.34. The van der Waals surface area contributed by atoms with E-state index in [0.29, 0.717) is 13.2 Å². The first-order valence-electron chi connectivity index (χ1n) is 5.09. The zero-order valence-electron chi connectivity index (χ0n) is 9.57. The highest BCUT2D eigenvalue weighted by Gasteiger charge is 2.08. The standard InChI is InChI=1S/C12H16BrNO2/c1-14(7-8-16-2)9-12(15)10-3-5-11(13)6-4-10/h3-6H,7-9H2,1-2H3. The largest absolute Gasteiger partial charge is 0.383 e. The molecular formula is C12H16BrNO2. The third-order valence-corrected chi connectivity index (χ3v) is 2.79. The minimum atomic E-state index is 0.131. The summed E-state index contributed by atoms with van der Waals surface area (Å²) in [6.45, 7) is 1.83. The Kier molecular flexibility index (Phi) is 5.66. The Morgan fingerprint density at radius 1 is 1.38 bits per heavy atom. The van der Waals surface area contributed by atoms with Gasteiger partial charge in [0.2, 0.25) is 0 Å². The molecule has 0 aliphatic heterocycles. The van der Waals surface area contributed by atoms with E-state index in [-0.39, 0.29) is 5.78 Å². The first-order valence-corrected chi connectivity index (χ1v) is 5.89. The molecule has 0 atom stereocenters. The molecule has 0 saturated heterocycles. The number of rotatable bonds is 6. The van der Waals surface area contributed by atoms with Gasteiger partial charge in [0.1, 0.15) is 0 Å². The number of nitrogens with zero attached hydrogens (tertiary/aromatic N) is 1. The molecule has 1 aromatic rings. The molecule has 0 bridgehead atoms. The number of carbonyl (C=O) groups excluding carboxylic acids is 1. The average Bonchev–Trinajstić information content (AvgIpc) is 2.27. The molecule has 0 heterocycles. The number of methoxy groups -OCH3 is 1. The van der Waals surface area contributed by atoms with Gasteiger partial charge >= 0.3 is 0 Å². The summed E-state index contributed by atoms with van der Waals surface area (Å²) in [5, 5.41) is 0. The predicted molar refractivity (Wildman–Crippen MR) is 67.8 cm³/mol. The molecule has 0 N–H and O–H groups in total. The number of likely N-dealkylation sites (N-methyl/N-ethyl adjacent to an activating group) is 1. The van der Waals surface area contributed by atoms with Crippen LogP contribution in [0.15, 0.2) is 28.7 Å². The van der Waals surface area contributed by atoms with E-state index in [4.69, 9.17) is 4.74 Å². The van der Waals surface area contributed by atoms with Gasteiger partial charge in [-0.2, -0.15) is 0 Å². The van der Waals surface area contributed by atoms with Gasteiger partial charge in [-0.3, -0.25) is 9.69 Å². The third-order valence-electron chi connectivity index (χ3n) is 2.26. The van der Waals surface area contributed by atoms with Crippen LogP contribution in [0.25, 0.3) is 0 Å². The number of ketones is 1. The van der Waals surface area contributed by atoms with Crippen molar-refractivity contribution in [2.45, 2.75) is 0 Å². The number of benzene rings is 1. The van der Waals surface area contributed by atoms with Crippen LogP contribution in [0, 0.1) is 0 Å². The maximum absolute atomic E-state index is 11.8. The summed E-state index contributed by atoms with van der Waals surface area (Å²) in [5.41, 5.74) is 0.743. The van der Waals surface area contributed by atoms with Gasteiger partial charge in [-0.1, -0.05) is 28.1 Å². The molecule has 88 valence electrons. The van der Waals surface area contributed by atoms with Gasteiger partial charge in [-0.15, -0.1) is 0 Å². The van der Waals surface area contributed by atoms with E-state index < -0.39 is 0 Å². The van der Waals surface area contributed by atoms with Crippen molar-refractivity contribution in [3.8, 4) is 0 Å². The molecule has 0 aromatic heterocycles. The van der Waals surface area contributed by atoms with E-state index in [0.717, 1.165) is 16.6 Å². The number of ether oxygens (including phenoxy) is 1. The molecule has 0 fully saturated rings. The SMILES string of the molecule is COCCN(C)CC(=O)c1ccc(Br)cc1. The second-order valence-corrected chi connectivity index (χ2v) is 4.58. The maximum atomic E-state index is 11.8. The van der Waals surface area contributed by atoms with Crippen molar-refractivity contribution in [2.75, 3.05) is 33.9 Å².